The highest BCUT2D eigenvalue weighted by Gasteiger charge is 2.43. The summed E-state index contributed by atoms with van der Waals surface area (Å²) >= 11 is 0. The molecule has 0 amide bonds. The molecule has 10 aromatic carbocycles. The summed E-state index contributed by atoms with van der Waals surface area (Å²) in [5.41, 5.74) is 11.8. The van der Waals surface area contributed by atoms with Gasteiger partial charge in [0.15, 0.2) is 8.07 Å². The van der Waals surface area contributed by atoms with Crippen LogP contribution in [0.2, 0.25) is 0 Å². The second-order valence-electron chi connectivity index (χ2n) is 16.4. The molecule has 2 nitrogen and oxygen atoms in total. The van der Waals surface area contributed by atoms with Crippen molar-refractivity contribution in [1.29, 1.82) is 0 Å². The molecule has 0 fully saturated rings. The fraction of sp³-hybridized carbons (Fsp3) is 0. The zero-order chi connectivity index (χ0) is 41.7. The van der Waals surface area contributed by atoms with Crippen LogP contribution in [-0.2, 0) is 0 Å². The fourth-order valence-electron chi connectivity index (χ4n) is 10.4. The van der Waals surface area contributed by atoms with Gasteiger partial charge < -0.3 is 9.13 Å². The van der Waals surface area contributed by atoms with Gasteiger partial charge in [0.1, 0.15) is 0 Å². The smallest absolute Gasteiger partial charge is 0.181 e. The first-order chi connectivity index (χ1) is 31.3. The second-order valence-corrected chi connectivity index (χ2v) is 20.2. The quantitative estimate of drug-likeness (QED) is 0.107. The summed E-state index contributed by atoms with van der Waals surface area (Å²) in [5, 5.41) is 10.3. The highest BCUT2D eigenvalue weighted by molar-refractivity contribution is 7.20. The third-order valence-corrected chi connectivity index (χ3v) is 17.9. The van der Waals surface area contributed by atoms with Crippen molar-refractivity contribution < 1.29 is 0 Å². The van der Waals surface area contributed by atoms with Crippen LogP contribution in [0.15, 0.2) is 255 Å². The molecule has 3 heteroatoms. The fourth-order valence-corrected chi connectivity index (χ4v) is 15.4. The van der Waals surface area contributed by atoms with Gasteiger partial charge in [0, 0.05) is 27.1 Å². The molecule has 0 atom stereocenters. The molecule has 0 aliphatic heterocycles. The molecule has 63 heavy (non-hydrogen) atoms. The van der Waals surface area contributed by atoms with Crippen LogP contribution in [0.4, 0.5) is 0 Å². The molecule has 0 aliphatic carbocycles. The van der Waals surface area contributed by atoms with Gasteiger partial charge in [-0.05, 0) is 67.8 Å². The molecule has 0 bridgehead atoms. The predicted octanol–water partition coefficient (Wildman–Crippen LogP) is 12.6. The van der Waals surface area contributed by atoms with Crippen LogP contribution >= 0.6 is 0 Å². The van der Waals surface area contributed by atoms with E-state index in [0.717, 1.165) is 16.9 Å². The number of rotatable bonds is 8. The molecule has 0 N–H and O–H groups in total. The van der Waals surface area contributed by atoms with Gasteiger partial charge in [-0.1, -0.05) is 224 Å². The average molecular weight is 819 g/mol. The van der Waals surface area contributed by atoms with Gasteiger partial charge >= 0.3 is 0 Å². The summed E-state index contributed by atoms with van der Waals surface area (Å²) in [6.45, 7) is 0. The van der Waals surface area contributed by atoms with Crippen molar-refractivity contribution in [2.75, 3.05) is 0 Å². The van der Waals surface area contributed by atoms with E-state index in [9.17, 15) is 0 Å². The number of nitrogens with zero attached hydrogens (tertiary/aromatic N) is 2. The van der Waals surface area contributed by atoms with Gasteiger partial charge in [-0.2, -0.15) is 0 Å². The number of aromatic nitrogens is 2. The van der Waals surface area contributed by atoms with Crippen LogP contribution in [0, 0.1) is 0 Å². The molecule has 0 aliphatic rings. The summed E-state index contributed by atoms with van der Waals surface area (Å²) in [6, 6.07) is 94.4. The van der Waals surface area contributed by atoms with Crippen LogP contribution in [0.3, 0.4) is 0 Å². The lowest BCUT2D eigenvalue weighted by atomic mass is 10.0. The minimum absolute atomic E-state index is 1.15. The minimum atomic E-state index is -3.01. The Bertz CT molecular complexity index is 3500. The van der Waals surface area contributed by atoms with Gasteiger partial charge in [-0.15, -0.1) is 0 Å². The van der Waals surface area contributed by atoms with Crippen LogP contribution in [0.5, 0.6) is 0 Å². The third-order valence-electron chi connectivity index (χ3n) is 13.0. The van der Waals surface area contributed by atoms with E-state index in [1.807, 2.05) is 0 Å². The Morgan fingerprint density at radius 2 is 0.762 bits per heavy atom. The highest BCUT2D eigenvalue weighted by atomic mass is 28.3. The summed E-state index contributed by atoms with van der Waals surface area (Å²) in [5.74, 6) is 0. The molecule has 0 spiro atoms. The van der Waals surface area contributed by atoms with Gasteiger partial charge in [-0.3, -0.25) is 0 Å². The van der Waals surface area contributed by atoms with Crippen molar-refractivity contribution >= 4 is 72.4 Å². The Balaban J connectivity index is 1.29. The Morgan fingerprint density at radius 1 is 0.286 bits per heavy atom. The zero-order valence-corrected chi connectivity index (χ0v) is 35.6. The zero-order valence-electron chi connectivity index (χ0n) is 34.6. The van der Waals surface area contributed by atoms with Crippen LogP contribution < -0.4 is 20.7 Å². The Kier molecular flexibility index (Phi) is 8.87. The molecular weight excluding hydrogens is 777 g/mol. The summed E-state index contributed by atoms with van der Waals surface area (Å²) in [4.78, 5) is 0. The maximum absolute atomic E-state index is 3.01. The molecule has 12 aromatic rings. The van der Waals surface area contributed by atoms with E-state index < -0.39 is 8.07 Å². The molecule has 2 aromatic heterocycles. The van der Waals surface area contributed by atoms with Crippen molar-refractivity contribution in [3.8, 4) is 33.6 Å². The van der Waals surface area contributed by atoms with Crippen LogP contribution in [-0.4, -0.2) is 17.2 Å². The Morgan fingerprint density at radius 3 is 1.38 bits per heavy atom. The average Bonchev–Trinajstić information content (AvgIpc) is 3.89. The summed E-state index contributed by atoms with van der Waals surface area (Å²) in [6.07, 6.45) is 0. The largest absolute Gasteiger partial charge is 0.309 e. The SMILES string of the molecule is c1ccc(-c2cc(-n3c4ccccc4c4cccc([Si](c5ccccc5)(c5ccccc5)c5ccccc5)c43)c3c4ccccc4n(-c4ccccc4-c4ccccc4)c3c2)cc1. The van der Waals surface area contributed by atoms with Gasteiger partial charge in [-0.25, -0.2) is 0 Å². The van der Waals surface area contributed by atoms with Crippen LogP contribution in [0.25, 0.3) is 77.2 Å². The normalized spacial score (nSPS) is 11.8. The lowest BCUT2D eigenvalue weighted by Crippen LogP contribution is -2.75. The van der Waals surface area contributed by atoms with E-state index in [4.69, 9.17) is 0 Å². The van der Waals surface area contributed by atoms with E-state index in [2.05, 4.69) is 264 Å². The molecule has 2 heterocycles. The van der Waals surface area contributed by atoms with E-state index in [0.29, 0.717) is 0 Å². The van der Waals surface area contributed by atoms with Gasteiger partial charge in [0.25, 0.3) is 0 Å². The molecular formula is C60H42N2Si. The van der Waals surface area contributed by atoms with Crippen molar-refractivity contribution in [3.05, 3.63) is 255 Å². The summed E-state index contributed by atoms with van der Waals surface area (Å²) < 4.78 is 5.14. The van der Waals surface area contributed by atoms with E-state index in [-0.39, 0.29) is 0 Å². The lowest BCUT2D eigenvalue weighted by molar-refractivity contribution is 1.17. The number of fused-ring (bicyclic) bond motifs is 6. The first kappa shape index (κ1) is 36.8. The van der Waals surface area contributed by atoms with Crippen molar-refractivity contribution in [1.82, 2.24) is 9.13 Å². The van der Waals surface area contributed by atoms with Crippen molar-refractivity contribution in [2.24, 2.45) is 0 Å². The second kappa shape index (κ2) is 15.2. The predicted molar refractivity (Wildman–Crippen MR) is 270 cm³/mol. The van der Waals surface area contributed by atoms with Gasteiger partial charge in [0.2, 0.25) is 0 Å². The van der Waals surface area contributed by atoms with Crippen molar-refractivity contribution in [2.45, 2.75) is 0 Å². The maximum atomic E-state index is 2.63. The van der Waals surface area contributed by atoms with Crippen molar-refractivity contribution in [3.63, 3.8) is 0 Å². The Labute approximate surface area is 368 Å². The molecule has 0 saturated heterocycles. The lowest BCUT2D eigenvalue weighted by Gasteiger charge is -2.35. The van der Waals surface area contributed by atoms with E-state index in [1.54, 1.807) is 0 Å². The number of para-hydroxylation sites is 4. The number of hydrogen-bond donors (Lipinski definition) is 0. The first-order valence-electron chi connectivity index (χ1n) is 21.8. The molecule has 0 saturated carbocycles. The maximum Gasteiger partial charge on any atom is 0.181 e. The molecule has 12 rings (SSSR count). The highest BCUT2D eigenvalue weighted by Crippen LogP contribution is 2.43. The molecule has 296 valence electrons. The summed E-state index contributed by atoms with van der Waals surface area (Å²) in [7, 11) is -3.01. The molecule has 0 unspecified atom stereocenters. The minimum Gasteiger partial charge on any atom is -0.309 e. The molecule has 0 radical (unpaired) electrons. The monoisotopic (exact) mass is 818 g/mol. The standard InChI is InChI=1S/C60H42N2Si/c1-6-23-43(24-7-1)45-41-56-59(52-35-18-21-39-55(52)61(56)53-37-19-16-33-49(53)44-25-8-2-9-26-44)57(42-45)62-54-38-20-17-34-50(54)51-36-22-40-58(60(51)62)63(46-27-10-3-11-28-46,47-29-12-4-13-30-47)48-31-14-5-15-32-48/h1-42H. The topological polar surface area (TPSA) is 9.86 Å². The van der Waals surface area contributed by atoms with Gasteiger partial charge in [0.05, 0.1) is 33.4 Å². The van der Waals surface area contributed by atoms with E-state index in [1.165, 1.54) is 81.1 Å². The number of hydrogen-bond acceptors (Lipinski definition) is 0. The first-order valence-corrected chi connectivity index (χ1v) is 23.8. The third kappa shape index (κ3) is 5.78. The van der Waals surface area contributed by atoms with Crippen LogP contribution in [0.1, 0.15) is 0 Å². The number of benzene rings is 10. The van der Waals surface area contributed by atoms with E-state index >= 15 is 0 Å². The Hall–Kier alpha value is -7.98.